The van der Waals surface area contributed by atoms with E-state index in [-0.39, 0.29) is 11.9 Å². The third-order valence-electron chi connectivity index (χ3n) is 4.56. The van der Waals surface area contributed by atoms with Crippen molar-refractivity contribution in [3.8, 4) is 0 Å². The molecule has 1 fully saturated rings. The molecule has 0 bridgehead atoms. The highest BCUT2D eigenvalue weighted by atomic mass is 16.2. The fraction of sp³-hybridized carbons (Fsp3) is 0.438. The monoisotopic (exact) mass is 340 g/mol. The van der Waals surface area contributed by atoms with Crippen molar-refractivity contribution in [1.82, 2.24) is 34.4 Å². The largest absolute Gasteiger partial charge is 0.356 e. The highest BCUT2D eigenvalue weighted by Gasteiger charge is 2.24. The van der Waals surface area contributed by atoms with E-state index in [0.29, 0.717) is 11.5 Å². The Balaban J connectivity index is 1.44. The zero-order valence-corrected chi connectivity index (χ0v) is 14.3. The summed E-state index contributed by atoms with van der Waals surface area (Å²) in [5, 5.41) is 7.37. The van der Waals surface area contributed by atoms with Gasteiger partial charge >= 0.3 is 0 Å². The molecule has 1 amide bonds. The molecule has 0 radical (unpaired) electrons. The van der Waals surface area contributed by atoms with Gasteiger partial charge in [-0.25, -0.2) is 9.97 Å². The number of rotatable bonds is 3. The summed E-state index contributed by atoms with van der Waals surface area (Å²) in [7, 11) is 1.82. The van der Waals surface area contributed by atoms with Gasteiger partial charge in [0.25, 0.3) is 11.7 Å². The van der Waals surface area contributed by atoms with Crippen molar-refractivity contribution < 1.29 is 4.79 Å². The summed E-state index contributed by atoms with van der Waals surface area (Å²) >= 11 is 0. The first-order valence-electron chi connectivity index (χ1n) is 8.31. The molecule has 1 aliphatic heterocycles. The van der Waals surface area contributed by atoms with Gasteiger partial charge in [0.05, 0.1) is 12.5 Å². The number of fused-ring (bicyclic) bond motifs is 1. The average Bonchev–Trinajstić information content (AvgIpc) is 3.23. The lowest BCUT2D eigenvalue weighted by atomic mass is 10.0. The Bertz CT molecular complexity index is 906. The molecule has 3 aromatic rings. The number of hydrogen-bond acceptors (Lipinski definition) is 6. The first-order valence-corrected chi connectivity index (χ1v) is 8.31. The van der Waals surface area contributed by atoms with Gasteiger partial charge in [-0.2, -0.15) is 14.6 Å². The van der Waals surface area contributed by atoms with Gasteiger partial charge in [0.2, 0.25) is 0 Å². The van der Waals surface area contributed by atoms with Gasteiger partial charge in [-0.05, 0) is 19.8 Å². The van der Waals surface area contributed by atoms with Crippen LogP contribution in [0, 0.1) is 6.92 Å². The standard InChI is InChI=1S/C16H20N8O/c1-11-7-14(24-16(20-11)18-9-19-24)23-5-3-12(4-6-23)21-15(25)13-8-17-10-22(13)2/h7-10,12H,3-6H2,1-2H3,(H,21,25). The highest BCUT2D eigenvalue weighted by Crippen LogP contribution is 2.21. The number of amides is 1. The number of hydrogen-bond donors (Lipinski definition) is 1. The molecule has 1 N–H and O–H groups in total. The molecule has 0 atom stereocenters. The Hall–Kier alpha value is -2.97. The Labute approximate surface area is 144 Å². The van der Waals surface area contributed by atoms with E-state index in [2.05, 4.69) is 30.3 Å². The van der Waals surface area contributed by atoms with Crippen molar-refractivity contribution in [2.45, 2.75) is 25.8 Å². The quantitative estimate of drug-likeness (QED) is 0.749. The third-order valence-corrected chi connectivity index (χ3v) is 4.56. The SMILES string of the molecule is Cc1cc(N2CCC(NC(=O)c3cncn3C)CC2)n2ncnc2n1. The fourth-order valence-corrected chi connectivity index (χ4v) is 3.22. The maximum absolute atomic E-state index is 12.3. The minimum Gasteiger partial charge on any atom is -0.356 e. The topological polar surface area (TPSA) is 93.2 Å². The number of piperidine rings is 1. The summed E-state index contributed by atoms with van der Waals surface area (Å²) in [6.07, 6.45) is 6.49. The van der Waals surface area contributed by atoms with Gasteiger partial charge in [0.15, 0.2) is 0 Å². The van der Waals surface area contributed by atoms with E-state index in [9.17, 15) is 4.79 Å². The third kappa shape index (κ3) is 2.92. The molecule has 9 nitrogen and oxygen atoms in total. The maximum atomic E-state index is 12.3. The summed E-state index contributed by atoms with van der Waals surface area (Å²) < 4.78 is 3.49. The van der Waals surface area contributed by atoms with E-state index < -0.39 is 0 Å². The molecule has 130 valence electrons. The molecule has 25 heavy (non-hydrogen) atoms. The number of aryl methyl sites for hydroxylation is 2. The number of imidazole rings is 1. The van der Waals surface area contributed by atoms with Gasteiger partial charge < -0.3 is 14.8 Å². The smallest absolute Gasteiger partial charge is 0.269 e. The number of nitrogens with one attached hydrogen (secondary N) is 1. The van der Waals surface area contributed by atoms with Crippen molar-refractivity contribution in [1.29, 1.82) is 0 Å². The second-order valence-electron chi connectivity index (χ2n) is 6.35. The lowest BCUT2D eigenvalue weighted by Crippen LogP contribution is -2.45. The number of carbonyl (C=O) groups excluding carboxylic acids is 1. The molecule has 1 aliphatic rings. The molecule has 0 aliphatic carbocycles. The van der Waals surface area contributed by atoms with Crippen molar-refractivity contribution in [3.63, 3.8) is 0 Å². The fourth-order valence-electron chi connectivity index (χ4n) is 3.22. The lowest BCUT2D eigenvalue weighted by Gasteiger charge is -2.33. The summed E-state index contributed by atoms with van der Waals surface area (Å²) in [4.78, 5) is 27.1. The predicted octanol–water partition coefficient (Wildman–Crippen LogP) is 0.565. The van der Waals surface area contributed by atoms with Crippen LogP contribution in [0.5, 0.6) is 0 Å². The molecular weight excluding hydrogens is 320 g/mol. The predicted molar refractivity (Wildman–Crippen MR) is 91.4 cm³/mol. The maximum Gasteiger partial charge on any atom is 0.269 e. The summed E-state index contributed by atoms with van der Waals surface area (Å²) in [6, 6.07) is 2.18. The van der Waals surface area contributed by atoms with Gasteiger partial charge in [-0.3, -0.25) is 4.79 Å². The van der Waals surface area contributed by atoms with Crippen molar-refractivity contribution >= 4 is 17.5 Å². The second-order valence-corrected chi connectivity index (χ2v) is 6.35. The number of nitrogens with zero attached hydrogens (tertiary/aromatic N) is 7. The van der Waals surface area contributed by atoms with E-state index in [1.54, 1.807) is 21.6 Å². The van der Waals surface area contributed by atoms with Crippen molar-refractivity contribution in [2.75, 3.05) is 18.0 Å². The zero-order chi connectivity index (χ0) is 17.4. The van der Waals surface area contributed by atoms with Crippen LogP contribution in [0.1, 0.15) is 29.0 Å². The number of aromatic nitrogens is 6. The van der Waals surface area contributed by atoms with Crippen LogP contribution < -0.4 is 10.2 Å². The Morgan fingerprint density at radius 1 is 1.32 bits per heavy atom. The molecule has 4 rings (SSSR count). The minimum atomic E-state index is -0.0723. The molecule has 0 unspecified atom stereocenters. The molecule has 0 saturated carbocycles. The van der Waals surface area contributed by atoms with Crippen LogP contribution in [0.3, 0.4) is 0 Å². The summed E-state index contributed by atoms with van der Waals surface area (Å²) in [5.74, 6) is 1.54. The van der Waals surface area contributed by atoms with Crippen LogP contribution in [-0.2, 0) is 7.05 Å². The molecule has 1 saturated heterocycles. The van der Waals surface area contributed by atoms with E-state index in [4.69, 9.17) is 0 Å². The molecule has 4 heterocycles. The van der Waals surface area contributed by atoms with Crippen LogP contribution in [-0.4, -0.2) is 54.2 Å². The second kappa shape index (κ2) is 6.15. The number of carbonyl (C=O) groups is 1. The van der Waals surface area contributed by atoms with E-state index in [1.807, 2.05) is 20.0 Å². The Morgan fingerprint density at radius 2 is 2.12 bits per heavy atom. The van der Waals surface area contributed by atoms with Gasteiger partial charge in [0, 0.05) is 37.9 Å². The zero-order valence-electron chi connectivity index (χ0n) is 14.3. The van der Waals surface area contributed by atoms with Crippen LogP contribution in [0.15, 0.2) is 24.9 Å². The van der Waals surface area contributed by atoms with E-state index >= 15 is 0 Å². The van der Waals surface area contributed by atoms with Crippen LogP contribution in [0.4, 0.5) is 5.82 Å². The Morgan fingerprint density at radius 3 is 2.84 bits per heavy atom. The first kappa shape index (κ1) is 15.6. The van der Waals surface area contributed by atoms with Gasteiger partial charge in [-0.15, -0.1) is 0 Å². The van der Waals surface area contributed by atoms with Gasteiger partial charge in [0.1, 0.15) is 17.8 Å². The van der Waals surface area contributed by atoms with Crippen molar-refractivity contribution in [3.05, 3.63) is 36.3 Å². The molecular formula is C16H20N8O. The molecule has 0 aromatic carbocycles. The van der Waals surface area contributed by atoms with Crippen LogP contribution >= 0.6 is 0 Å². The molecule has 9 heteroatoms. The van der Waals surface area contributed by atoms with Crippen LogP contribution in [0.2, 0.25) is 0 Å². The number of anilines is 1. The lowest BCUT2D eigenvalue weighted by molar-refractivity contribution is 0.0923. The van der Waals surface area contributed by atoms with E-state index in [0.717, 1.165) is 37.4 Å². The molecule has 0 spiro atoms. The van der Waals surface area contributed by atoms with Crippen LogP contribution in [0.25, 0.3) is 5.78 Å². The minimum absolute atomic E-state index is 0.0723. The summed E-state index contributed by atoms with van der Waals surface area (Å²) in [6.45, 7) is 3.64. The average molecular weight is 340 g/mol. The normalized spacial score (nSPS) is 15.7. The first-order chi connectivity index (χ1) is 12.1. The molecule has 3 aromatic heterocycles. The van der Waals surface area contributed by atoms with E-state index in [1.165, 1.54) is 6.33 Å². The van der Waals surface area contributed by atoms with Crippen molar-refractivity contribution in [2.24, 2.45) is 7.05 Å². The highest BCUT2D eigenvalue weighted by molar-refractivity contribution is 5.92. The van der Waals surface area contributed by atoms with Gasteiger partial charge in [-0.1, -0.05) is 0 Å². The summed E-state index contributed by atoms with van der Waals surface area (Å²) in [5.41, 5.74) is 1.50. The Kier molecular flexibility index (Phi) is 3.83.